The van der Waals surface area contributed by atoms with Crippen molar-refractivity contribution in [3.63, 3.8) is 0 Å². The van der Waals surface area contributed by atoms with E-state index in [0.29, 0.717) is 29.2 Å². The van der Waals surface area contributed by atoms with Crippen molar-refractivity contribution in [3.05, 3.63) is 28.8 Å². The summed E-state index contributed by atoms with van der Waals surface area (Å²) >= 11 is 10.8. The lowest BCUT2D eigenvalue weighted by atomic mass is 10.1. The van der Waals surface area contributed by atoms with Gasteiger partial charge in [0.15, 0.2) is 0 Å². The van der Waals surface area contributed by atoms with Gasteiger partial charge >= 0.3 is 0 Å². The fourth-order valence-corrected chi connectivity index (χ4v) is 2.27. The van der Waals surface area contributed by atoms with Crippen LogP contribution in [-0.2, 0) is 10.0 Å². The first-order valence-corrected chi connectivity index (χ1v) is 7.63. The SMILES string of the molecule is NC(=S)c1ccc(Cl)cc1NCCCS(N)(=O)=O. The number of primary sulfonamides is 1. The molecule has 8 heteroatoms. The van der Waals surface area contributed by atoms with Gasteiger partial charge in [-0.25, -0.2) is 13.6 Å². The highest BCUT2D eigenvalue weighted by Gasteiger charge is 2.06. The highest BCUT2D eigenvalue weighted by atomic mass is 35.5. The molecule has 0 saturated carbocycles. The second-order valence-electron chi connectivity index (χ2n) is 3.70. The number of thiocarbonyl (C=S) groups is 1. The number of anilines is 1. The number of hydrogen-bond donors (Lipinski definition) is 3. The van der Waals surface area contributed by atoms with Crippen molar-refractivity contribution in [1.29, 1.82) is 0 Å². The summed E-state index contributed by atoms with van der Waals surface area (Å²) in [7, 11) is -3.43. The molecule has 1 aromatic carbocycles. The number of halogens is 1. The third-order valence-corrected chi connectivity index (χ3v) is 3.48. The Balaban J connectivity index is 2.66. The molecule has 0 aromatic heterocycles. The Hall–Kier alpha value is -0.890. The van der Waals surface area contributed by atoms with E-state index in [-0.39, 0.29) is 10.7 Å². The van der Waals surface area contributed by atoms with Crippen LogP contribution in [0.3, 0.4) is 0 Å². The first-order valence-electron chi connectivity index (χ1n) is 5.13. The number of nitrogens with two attached hydrogens (primary N) is 2. The molecule has 0 saturated heterocycles. The molecule has 0 atom stereocenters. The maximum absolute atomic E-state index is 10.8. The zero-order valence-electron chi connectivity index (χ0n) is 9.52. The van der Waals surface area contributed by atoms with Gasteiger partial charge in [-0.15, -0.1) is 0 Å². The van der Waals surface area contributed by atoms with Gasteiger partial charge in [-0.05, 0) is 24.6 Å². The minimum absolute atomic E-state index is 0.0804. The third-order valence-electron chi connectivity index (χ3n) is 2.17. The van der Waals surface area contributed by atoms with Crippen molar-refractivity contribution < 1.29 is 8.42 Å². The maximum Gasteiger partial charge on any atom is 0.209 e. The van der Waals surface area contributed by atoms with Gasteiger partial charge in [0.25, 0.3) is 0 Å². The van der Waals surface area contributed by atoms with Crippen molar-refractivity contribution in [2.75, 3.05) is 17.6 Å². The summed E-state index contributed by atoms with van der Waals surface area (Å²) in [6.45, 7) is 0.437. The van der Waals surface area contributed by atoms with Crippen LogP contribution in [0, 0.1) is 0 Å². The lowest BCUT2D eigenvalue weighted by Gasteiger charge is -2.11. The first-order chi connectivity index (χ1) is 8.29. The molecule has 100 valence electrons. The summed E-state index contributed by atoms with van der Waals surface area (Å²) in [5.74, 6) is -0.0804. The van der Waals surface area contributed by atoms with Gasteiger partial charge in [0.1, 0.15) is 4.99 Å². The van der Waals surface area contributed by atoms with Crippen molar-refractivity contribution >= 4 is 44.5 Å². The third kappa shape index (κ3) is 5.18. The van der Waals surface area contributed by atoms with Crippen LogP contribution in [0.2, 0.25) is 5.02 Å². The van der Waals surface area contributed by atoms with Gasteiger partial charge in [0.2, 0.25) is 10.0 Å². The molecule has 0 aliphatic carbocycles. The molecule has 0 bridgehead atoms. The van der Waals surface area contributed by atoms with E-state index < -0.39 is 10.0 Å². The minimum atomic E-state index is -3.43. The largest absolute Gasteiger partial charge is 0.389 e. The van der Waals surface area contributed by atoms with Crippen molar-refractivity contribution in [1.82, 2.24) is 0 Å². The first kappa shape index (κ1) is 15.2. The Morgan fingerprint density at radius 1 is 1.44 bits per heavy atom. The van der Waals surface area contributed by atoms with E-state index in [9.17, 15) is 8.42 Å². The fourth-order valence-electron chi connectivity index (χ4n) is 1.37. The van der Waals surface area contributed by atoms with Gasteiger partial charge in [0.05, 0.1) is 5.75 Å². The van der Waals surface area contributed by atoms with Crippen LogP contribution in [0.4, 0.5) is 5.69 Å². The second kappa shape index (κ2) is 6.33. The molecule has 0 unspecified atom stereocenters. The molecule has 0 aliphatic rings. The normalized spacial score (nSPS) is 11.2. The van der Waals surface area contributed by atoms with Crippen LogP contribution in [-0.4, -0.2) is 25.7 Å². The molecule has 18 heavy (non-hydrogen) atoms. The summed E-state index contributed by atoms with van der Waals surface area (Å²) in [4.78, 5) is 0.251. The molecule has 0 heterocycles. The molecule has 0 aliphatic heterocycles. The van der Waals surface area contributed by atoms with E-state index in [1.807, 2.05) is 0 Å². The van der Waals surface area contributed by atoms with Gasteiger partial charge in [0, 0.05) is 22.8 Å². The highest BCUT2D eigenvalue weighted by molar-refractivity contribution is 7.89. The molecule has 5 nitrogen and oxygen atoms in total. The predicted octanol–water partition coefficient (Wildman–Crippen LogP) is 1.06. The lowest BCUT2D eigenvalue weighted by Crippen LogP contribution is -2.19. The number of sulfonamides is 1. The minimum Gasteiger partial charge on any atom is -0.389 e. The van der Waals surface area contributed by atoms with Gasteiger partial charge in [-0.3, -0.25) is 0 Å². The number of benzene rings is 1. The molecule has 5 N–H and O–H groups in total. The monoisotopic (exact) mass is 307 g/mol. The Labute approximate surface area is 117 Å². The molecular formula is C10H14ClN3O2S2. The topological polar surface area (TPSA) is 98.2 Å². The standard InChI is InChI=1S/C10H14ClN3O2S2/c11-7-2-3-8(10(12)17)9(6-7)14-4-1-5-18(13,15)16/h2-3,6,14H,1,4-5H2,(H2,12,17)(H2,13,15,16). The molecule has 1 rings (SSSR count). The molecule has 1 aromatic rings. The summed E-state index contributed by atoms with van der Waals surface area (Å²) in [6, 6.07) is 5.09. The molecule has 0 amide bonds. The Morgan fingerprint density at radius 2 is 2.11 bits per heavy atom. The van der Waals surface area contributed by atoms with E-state index in [4.69, 9.17) is 34.7 Å². The molecular weight excluding hydrogens is 294 g/mol. The van der Waals surface area contributed by atoms with Gasteiger partial charge < -0.3 is 11.1 Å². The summed E-state index contributed by atoms with van der Waals surface area (Å²) < 4.78 is 21.5. The molecule has 0 spiro atoms. The average Bonchev–Trinajstić information content (AvgIpc) is 2.22. The van der Waals surface area contributed by atoms with Crippen LogP contribution in [0.1, 0.15) is 12.0 Å². The Kier molecular flexibility index (Phi) is 5.33. The summed E-state index contributed by atoms with van der Waals surface area (Å²) in [5, 5.41) is 8.48. The van der Waals surface area contributed by atoms with Crippen molar-refractivity contribution in [2.45, 2.75) is 6.42 Å². The summed E-state index contributed by atoms with van der Waals surface area (Å²) in [6.07, 6.45) is 0.391. The van der Waals surface area contributed by atoms with Crippen molar-refractivity contribution in [3.8, 4) is 0 Å². The predicted molar refractivity (Wildman–Crippen MR) is 78.4 cm³/mol. The maximum atomic E-state index is 10.8. The number of nitrogens with one attached hydrogen (secondary N) is 1. The Bertz CT molecular complexity index is 546. The van der Waals surface area contributed by atoms with Crippen LogP contribution >= 0.6 is 23.8 Å². The van der Waals surface area contributed by atoms with Crippen LogP contribution in [0.5, 0.6) is 0 Å². The summed E-state index contributed by atoms with van der Waals surface area (Å²) in [5.41, 5.74) is 6.93. The van der Waals surface area contributed by atoms with E-state index in [1.165, 1.54) is 0 Å². The lowest BCUT2D eigenvalue weighted by molar-refractivity contribution is 0.596. The fraction of sp³-hybridized carbons (Fsp3) is 0.300. The smallest absolute Gasteiger partial charge is 0.209 e. The van der Waals surface area contributed by atoms with E-state index in [1.54, 1.807) is 18.2 Å². The number of hydrogen-bond acceptors (Lipinski definition) is 4. The number of rotatable bonds is 6. The Morgan fingerprint density at radius 3 is 2.67 bits per heavy atom. The van der Waals surface area contributed by atoms with Crippen LogP contribution in [0.25, 0.3) is 0 Å². The molecule has 0 fully saturated rings. The van der Waals surface area contributed by atoms with E-state index in [0.717, 1.165) is 0 Å². The van der Waals surface area contributed by atoms with Crippen molar-refractivity contribution in [2.24, 2.45) is 10.9 Å². The van der Waals surface area contributed by atoms with E-state index in [2.05, 4.69) is 5.32 Å². The quantitative estimate of drug-likeness (QED) is 0.539. The van der Waals surface area contributed by atoms with Gasteiger partial charge in [-0.2, -0.15) is 0 Å². The van der Waals surface area contributed by atoms with E-state index >= 15 is 0 Å². The zero-order valence-corrected chi connectivity index (χ0v) is 11.9. The second-order valence-corrected chi connectivity index (χ2v) is 6.31. The molecule has 0 radical (unpaired) electrons. The van der Waals surface area contributed by atoms with Gasteiger partial charge in [-0.1, -0.05) is 23.8 Å². The highest BCUT2D eigenvalue weighted by Crippen LogP contribution is 2.21. The zero-order chi connectivity index (χ0) is 13.8. The van der Waals surface area contributed by atoms with Crippen LogP contribution < -0.4 is 16.2 Å². The average molecular weight is 308 g/mol. The van der Waals surface area contributed by atoms with Crippen LogP contribution in [0.15, 0.2) is 18.2 Å².